The molecule has 2 N–H and O–H groups in total. The van der Waals surface area contributed by atoms with Crippen LogP contribution in [0.15, 0.2) is 42.5 Å². The first-order valence-electron chi connectivity index (χ1n) is 7.69. The number of ketones is 1. The van der Waals surface area contributed by atoms with Gasteiger partial charge in [0.25, 0.3) is 0 Å². The standard InChI is InChI=1S/C19H18O7/c1-25-16-10-17(26-2)14(19(23)24)8-13(16)15(20)9-12(18(21)22)11-6-4-3-5-7-11/h3-8,10,12H,9H2,1-2H3,(H,21,22)(H,23,24). The van der Waals surface area contributed by atoms with Crippen molar-refractivity contribution >= 4 is 17.7 Å². The van der Waals surface area contributed by atoms with E-state index in [0.717, 1.165) is 6.07 Å². The van der Waals surface area contributed by atoms with Crippen LogP contribution in [0.2, 0.25) is 0 Å². The average Bonchev–Trinajstić information content (AvgIpc) is 2.64. The number of aromatic carboxylic acids is 1. The minimum absolute atomic E-state index is 0.00659. The molecule has 2 aromatic rings. The summed E-state index contributed by atoms with van der Waals surface area (Å²) in [5.41, 5.74) is 0.274. The maximum atomic E-state index is 12.7. The molecule has 136 valence electrons. The number of Topliss-reactive ketones (excluding diaryl/α,β-unsaturated/α-hetero) is 1. The molecule has 26 heavy (non-hydrogen) atoms. The fraction of sp³-hybridized carbons (Fsp3) is 0.211. The smallest absolute Gasteiger partial charge is 0.339 e. The molecule has 0 amide bonds. The molecular formula is C19H18O7. The van der Waals surface area contributed by atoms with Crippen molar-refractivity contribution in [2.75, 3.05) is 14.2 Å². The summed E-state index contributed by atoms with van der Waals surface area (Å²) in [6, 6.07) is 10.8. The molecule has 2 rings (SSSR count). The molecule has 0 aliphatic heterocycles. The van der Waals surface area contributed by atoms with E-state index in [1.165, 1.54) is 20.3 Å². The summed E-state index contributed by atoms with van der Waals surface area (Å²) in [7, 11) is 2.64. The normalized spacial score (nSPS) is 11.5. The lowest BCUT2D eigenvalue weighted by atomic mass is 9.91. The first-order valence-corrected chi connectivity index (χ1v) is 7.69. The van der Waals surface area contributed by atoms with Crippen LogP contribution in [0, 0.1) is 0 Å². The SMILES string of the molecule is COc1cc(OC)c(C(=O)CC(C(=O)O)c2ccccc2)cc1C(=O)O. The van der Waals surface area contributed by atoms with Crippen LogP contribution in [0.25, 0.3) is 0 Å². The number of benzene rings is 2. The molecule has 0 spiro atoms. The van der Waals surface area contributed by atoms with Crippen molar-refractivity contribution < 1.29 is 34.1 Å². The molecule has 0 saturated heterocycles. The van der Waals surface area contributed by atoms with Crippen LogP contribution in [-0.4, -0.2) is 42.2 Å². The van der Waals surface area contributed by atoms with Crippen molar-refractivity contribution in [3.8, 4) is 11.5 Å². The maximum absolute atomic E-state index is 12.7. The quantitative estimate of drug-likeness (QED) is 0.698. The van der Waals surface area contributed by atoms with Crippen LogP contribution < -0.4 is 9.47 Å². The number of carboxylic acid groups (broad SMARTS) is 2. The molecule has 1 atom stereocenters. The highest BCUT2D eigenvalue weighted by Crippen LogP contribution is 2.32. The molecule has 2 aromatic carbocycles. The number of carbonyl (C=O) groups excluding carboxylic acids is 1. The summed E-state index contributed by atoms with van der Waals surface area (Å²) in [5.74, 6) is -3.84. The van der Waals surface area contributed by atoms with Crippen LogP contribution >= 0.6 is 0 Å². The molecule has 1 unspecified atom stereocenters. The average molecular weight is 358 g/mol. The van der Waals surface area contributed by atoms with Crippen LogP contribution in [0.3, 0.4) is 0 Å². The zero-order valence-corrected chi connectivity index (χ0v) is 14.3. The fourth-order valence-corrected chi connectivity index (χ4v) is 2.61. The van der Waals surface area contributed by atoms with Gasteiger partial charge in [0.2, 0.25) is 0 Å². The Labute approximate surface area is 149 Å². The van der Waals surface area contributed by atoms with Gasteiger partial charge in [-0.25, -0.2) is 4.79 Å². The largest absolute Gasteiger partial charge is 0.496 e. The summed E-state index contributed by atoms with van der Waals surface area (Å²) in [6.45, 7) is 0. The first-order chi connectivity index (χ1) is 12.4. The zero-order valence-electron chi connectivity index (χ0n) is 14.3. The molecule has 0 bridgehead atoms. The lowest BCUT2D eigenvalue weighted by Crippen LogP contribution is -2.17. The van der Waals surface area contributed by atoms with Gasteiger partial charge in [-0.15, -0.1) is 0 Å². The molecular weight excluding hydrogens is 340 g/mol. The zero-order chi connectivity index (χ0) is 19.3. The van der Waals surface area contributed by atoms with Crippen molar-refractivity contribution in [2.45, 2.75) is 12.3 Å². The van der Waals surface area contributed by atoms with E-state index in [1.807, 2.05) is 0 Å². The van der Waals surface area contributed by atoms with Crippen molar-refractivity contribution in [3.63, 3.8) is 0 Å². The second kappa shape index (κ2) is 8.15. The molecule has 7 heteroatoms. The lowest BCUT2D eigenvalue weighted by molar-refractivity contribution is -0.138. The predicted molar refractivity (Wildman–Crippen MR) is 92.3 cm³/mol. The number of methoxy groups -OCH3 is 2. The molecule has 0 radical (unpaired) electrons. The van der Waals surface area contributed by atoms with Crippen molar-refractivity contribution in [1.82, 2.24) is 0 Å². The van der Waals surface area contributed by atoms with Gasteiger partial charge in [-0.3, -0.25) is 9.59 Å². The molecule has 0 aliphatic rings. The highest BCUT2D eigenvalue weighted by molar-refractivity contribution is 6.04. The summed E-state index contributed by atoms with van der Waals surface area (Å²) >= 11 is 0. The Morgan fingerprint density at radius 1 is 0.923 bits per heavy atom. The summed E-state index contributed by atoms with van der Waals surface area (Å²) in [5, 5.41) is 18.8. The van der Waals surface area contributed by atoms with Crippen LogP contribution in [0.5, 0.6) is 11.5 Å². The van der Waals surface area contributed by atoms with E-state index in [2.05, 4.69) is 0 Å². The van der Waals surface area contributed by atoms with Gasteiger partial charge in [0.15, 0.2) is 5.78 Å². The number of rotatable bonds is 8. The van der Waals surface area contributed by atoms with E-state index in [1.54, 1.807) is 30.3 Å². The molecule has 0 fully saturated rings. The Morgan fingerprint density at radius 2 is 1.50 bits per heavy atom. The Morgan fingerprint density at radius 3 is 2.00 bits per heavy atom. The van der Waals surface area contributed by atoms with Gasteiger partial charge in [-0.1, -0.05) is 30.3 Å². The highest BCUT2D eigenvalue weighted by atomic mass is 16.5. The van der Waals surface area contributed by atoms with Gasteiger partial charge < -0.3 is 19.7 Å². The highest BCUT2D eigenvalue weighted by Gasteiger charge is 2.27. The second-order valence-electron chi connectivity index (χ2n) is 5.49. The predicted octanol–water partition coefficient (Wildman–Crippen LogP) is 2.84. The lowest BCUT2D eigenvalue weighted by Gasteiger charge is -2.15. The van der Waals surface area contributed by atoms with Crippen LogP contribution in [0.1, 0.15) is 38.6 Å². The van der Waals surface area contributed by atoms with E-state index >= 15 is 0 Å². The monoisotopic (exact) mass is 358 g/mol. The number of ether oxygens (including phenoxy) is 2. The second-order valence-corrected chi connectivity index (χ2v) is 5.49. The minimum Gasteiger partial charge on any atom is -0.496 e. The van der Waals surface area contributed by atoms with E-state index in [0.29, 0.717) is 5.56 Å². The number of aliphatic carboxylic acids is 1. The third kappa shape index (κ3) is 4.00. The first kappa shape index (κ1) is 19.0. The van der Waals surface area contributed by atoms with E-state index < -0.39 is 23.6 Å². The Hall–Kier alpha value is -3.35. The van der Waals surface area contributed by atoms with E-state index in [9.17, 15) is 24.6 Å². The van der Waals surface area contributed by atoms with Crippen molar-refractivity contribution in [1.29, 1.82) is 0 Å². The Kier molecular flexibility index (Phi) is 5.95. The Balaban J connectivity index is 2.43. The van der Waals surface area contributed by atoms with E-state index in [-0.39, 0.29) is 29.0 Å². The third-order valence-corrected chi connectivity index (χ3v) is 3.94. The Bertz CT molecular complexity index is 827. The van der Waals surface area contributed by atoms with Gasteiger partial charge in [0.1, 0.15) is 17.1 Å². The van der Waals surface area contributed by atoms with Crippen molar-refractivity contribution in [3.05, 3.63) is 59.2 Å². The fourth-order valence-electron chi connectivity index (χ4n) is 2.61. The number of carbonyl (C=O) groups is 3. The van der Waals surface area contributed by atoms with Crippen LogP contribution in [-0.2, 0) is 4.79 Å². The molecule has 0 aliphatic carbocycles. The van der Waals surface area contributed by atoms with Crippen LogP contribution in [0.4, 0.5) is 0 Å². The molecule has 0 heterocycles. The minimum atomic E-state index is -1.27. The number of hydrogen-bond donors (Lipinski definition) is 2. The summed E-state index contributed by atoms with van der Waals surface area (Å²) in [4.78, 5) is 35.7. The summed E-state index contributed by atoms with van der Waals surface area (Å²) < 4.78 is 10.2. The topological polar surface area (TPSA) is 110 Å². The number of carboxylic acids is 2. The molecule has 0 saturated carbocycles. The van der Waals surface area contributed by atoms with Gasteiger partial charge in [0, 0.05) is 12.5 Å². The van der Waals surface area contributed by atoms with Gasteiger partial charge in [-0.2, -0.15) is 0 Å². The van der Waals surface area contributed by atoms with Gasteiger partial charge in [-0.05, 0) is 11.6 Å². The molecule has 0 aromatic heterocycles. The number of hydrogen-bond acceptors (Lipinski definition) is 5. The van der Waals surface area contributed by atoms with Crippen molar-refractivity contribution in [2.24, 2.45) is 0 Å². The third-order valence-electron chi connectivity index (χ3n) is 3.94. The van der Waals surface area contributed by atoms with Gasteiger partial charge in [0.05, 0.1) is 25.7 Å². The van der Waals surface area contributed by atoms with Gasteiger partial charge >= 0.3 is 11.9 Å². The van der Waals surface area contributed by atoms with E-state index in [4.69, 9.17) is 9.47 Å². The maximum Gasteiger partial charge on any atom is 0.339 e. The summed E-state index contributed by atoms with van der Waals surface area (Å²) in [6.07, 6.45) is -0.332. The molecule has 7 nitrogen and oxygen atoms in total.